The average Bonchev–Trinajstić information content (AvgIpc) is 2.97. The van der Waals surface area contributed by atoms with Crippen molar-refractivity contribution < 1.29 is 9.59 Å². The predicted octanol–water partition coefficient (Wildman–Crippen LogP) is 2.07. The van der Waals surface area contributed by atoms with Crippen molar-refractivity contribution in [2.45, 2.75) is 13.0 Å². The van der Waals surface area contributed by atoms with Crippen LogP contribution in [0.5, 0.6) is 0 Å². The quantitative estimate of drug-likeness (QED) is 0.668. The van der Waals surface area contributed by atoms with E-state index in [1.165, 1.54) is 0 Å². The number of aromatic nitrogens is 2. The number of aryl methyl sites for hydroxylation is 1. The van der Waals surface area contributed by atoms with Gasteiger partial charge in [-0.15, -0.1) is 0 Å². The van der Waals surface area contributed by atoms with Crippen LogP contribution >= 0.6 is 0 Å². The van der Waals surface area contributed by atoms with E-state index < -0.39 is 5.91 Å². The van der Waals surface area contributed by atoms with E-state index in [2.05, 4.69) is 10.3 Å². The molecule has 1 aliphatic heterocycles. The van der Waals surface area contributed by atoms with Gasteiger partial charge in [-0.3, -0.25) is 14.5 Å². The van der Waals surface area contributed by atoms with Gasteiger partial charge < -0.3 is 15.6 Å². The van der Waals surface area contributed by atoms with Gasteiger partial charge in [0.1, 0.15) is 5.82 Å². The summed E-state index contributed by atoms with van der Waals surface area (Å²) >= 11 is 0. The second kappa shape index (κ2) is 7.52. The molecule has 7 heteroatoms. The van der Waals surface area contributed by atoms with E-state index in [1.54, 1.807) is 12.3 Å². The molecule has 4 rings (SSSR count). The predicted molar refractivity (Wildman–Crippen MR) is 113 cm³/mol. The number of nitrogens with two attached hydrogens (primary N) is 1. The Morgan fingerprint density at radius 1 is 1.28 bits per heavy atom. The average molecular weight is 389 g/mol. The van der Waals surface area contributed by atoms with Crippen molar-refractivity contribution in [1.82, 2.24) is 14.5 Å². The second-order valence-electron chi connectivity index (χ2n) is 7.49. The van der Waals surface area contributed by atoms with Gasteiger partial charge in [-0.1, -0.05) is 18.2 Å². The molecule has 29 heavy (non-hydrogen) atoms. The highest BCUT2D eigenvalue weighted by Crippen LogP contribution is 2.24. The lowest BCUT2D eigenvalue weighted by Gasteiger charge is -2.12. The van der Waals surface area contributed by atoms with Gasteiger partial charge in [0.25, 0.3) is 0 Å². The second-order valence-corrected chi connectivity index (χ2v) is 7.49. The number of pyridine rings is 1. The molecule has 0 unspecified atom stereocenters. The standard InChI is InChI=1S/C22H23N5O2/c1-26-12-18-9-14(11-24-22(18)25-19(28)13-26)8-17(21(23)29)10-16-5-3-4-15-6-7-27(2)20(15)16/h3-9,11H,10,12-13H2,1-2H3,(H2,23,29)(H,24,25,28). The monoisotopic (exact) mass is 389 g/mol. The molecule has 0 bridgehead atoms. The molecule has 3 aromatic rings. The summed E-state index contributed by atoms with van der Waals surface area (Å²) in [6.45, 7) is 0.909. The highest BCUT2D eigenvalue weighted by Gasteiger charge is 2.18. The van der Waals surface area contributed by atoms with Crippen molar-refractivity contribution in [3.8, 4) is 0 Å². The number of carbonyl (C=O) groups is 2. The first kappa shape index (κ1) is 18.9. The Morgan fingerprint density at radius 3 is 2.90 bits per heavy atom. The first-order valence-electron chi connectivity index (χ1n) is 9.41. The van der Waals surface area contributed by atoms with E-state index in [9.17, 15) is 9.59 Å². The zero-order chi connectivity index (χ0) is 20.5. The molecule has 0 fully saturated rings. The first-order valence-corrected chi connectivity index (χ1v) is 9.41. The Kier molecular flexibility index (Phi) is 4.90. The smallest absolute Gasteiger partial charge is 0.244 e. The maximum Gasteiger partial charge on any atom is 0.244 e. The van der Waals surface area contributed by atoms with Crippen molar-refractivity contribution in [2.75, 3.05) is 18.9 Å². The number of fused-ring (bicyclic) bond motifs is 2. The number of nitrogens with one attached hydrogen (secondary N) is 1. The van der Waals surface area contributed by atoms with Crippen LogP contribution in [0, 0.1) is 0 Å². The largest absolute Gasteiger partial charge is 0.366 e. The minimum atomic E-state index is -0.462. The van der Waals surface area contributed by atoms with Crippen molar-refractivity contribution in [2.24, 2.45) is 12.8 Å². The van der Waals surface area contributed by atoms with Crippen LogP contribution in [0.4, 0.5) is 5.82 Å². The van der Waals surface area contributed by atoms with Crippen LogP contribution in [0.3, 0.4) is 0 Å². The fourth-order valence-electron chi connectivity index (χ4n) is 3.81. The molecule has 0 atom stereocenters. The zero-order valence-corrected chi connectivity index (χ0v) is 16.5. The third-order valence-electron chi connectivity index (χ3n) is 5.12. The van der Waals surface area contributed by atoms with Gasteiger partial charge in [-0.25, -0.2) is 4.98 Å². The van der Waals surface area contributed by atoms with Crippen LogP contribution < -0.4 is 11.1 Å². The highest BCUT2D eigenvalue weighted by atomic mass is 16.2. The Morgan fingerprint density at radius 2 is 2.10 bits per heavy atom. The van der Waals surface area contributed by atoms with Gasteiger partial charge in [0.15, 0.2) is 0 Å². The third kappa shape index (κ3) is 3.90. The maximum atomic E-state index is 12.2. The summed E-state index contributed by atoms with van der Waals surface area (Å²) in [6.07, 6.45) is 5.86. The van der Waals surface area contributed by atoms with E-state index in [0.717, 1.165) is 27.6 Å². The number of hydrogen-bond donors (Lipinski definition) is 2. The van der Waals surface area contributed by atoms with Gasteiger partial charge in [0, 0.05) is 43.5 Å². The van der Waals surface area contributed by atoms with Crippen LogP contribution in [-0.4, -0.2) is 39.9 Å². The molecule has 2 aromatic heterocycles. The Labute approximate surface area is 168 Å². The number of rotatable bonds is 4. The Balaban J connectivity index is 1.70. The molecule has 3 N–H and O–H groups in total. The third-order valence-corrected chi connectivity index (χ3v) is 5.12. The van der Waals surface area contributed by atoms with Gasteiger partial charge >= 0.3 is 0 Å². The van der Waals surface area contributed by atoms with E-state index in [0.29, 0.717) is 30.9 Å². The van der Waals surface area contributed by atoms with Crippen LogP contribution in [0.15, 0.2) is 48.3 Å². The molecule has 148 valence electrons. The summed E-state index contributed by atoms with van der Waals surface area (Å²) in [5.74, 6) is 0.0119. The molecule has 3 heterocycles. The molecule has 7 nitrogen and oxygen atoms in total. The van der Waals surface area contributed by atoms with Crippen LogP contribution in [0.25, 0.3) is 17.0 Å². The van der Waals surface area contributed by atoms with Crippen molar-refractivity contribution in [3.05, 3.63) is 65.0 Å². The zero-order valence-electron chi connectivity index (χ0n) is 16.5. The highest BCUT2D eigenvalue weighted by molar-refractivity contribution is 5.98. The number of carbonyl (C=O) groups excluding carboxylic acids is 2. The minimum absolute atomic E-state index is 0.0875. The van der Waals surface area contributed by atoms with Gasteiger partial charge in [-0.05, 0) is 41.8 Å². The lowest BCUT2D eigenvalue weighted by atomic mass is 10.00. The molecule has 1 aliphatic rings. The van der Waals surface area contributed by atoms with Crippen molar-refractivity contribution >= 4 is 34.6 Å². The van der Waals surface area contributed by atoms with Crippen LogP contribution in [0.1, 0.15) is 16.7 Å². The molecule has 0 radical (unpaired) electrons. The lowest BCUT2D eigenvalue weighted by molar-refractivity contribution is -0.117. The number of anilines is 1. The summed E-state index contributed by atoms with van der Waals surface area (Å²) < 4.78 is 2.05. The molecule has 1 aromatic carbocycles. The molecular weight excluding hydrogens is 366 g/mol. The topological polar surface area (TPSA) is 93.2 Å². The summed E-state index contributed by atoms with van der Waals surface area (Å²) in [7, 11) is 3.87. The molecular formula is C22H23N5O2. The molecule has 0 aliphatic carbocycles. The van der Waals surface area contributed by atoms with E-state index in [-0.39, 0.29) is 5.91 Å². The lowest BCUT2D eigenvalue weighted by Crippen LogP contribution is -2.26. The van der Waals surface area contributed by atoms with Gasteiger partial charge in [-0.2, -0.15) is 0 Å². The van der Waals surface area contributed by atoms with Gasteiger partial charge in [0.2, 0.25) is 11.8 Å². The summed E-state index contributed by atoms with van der Waals surface area (Å²) in [5, 5.41) is 3.94. The number of likely N-dealkylation sites (N-methyl/N-ethyl adjacent to an activating group) is 1. The SMILES string of the molecule is CN1CC(=O)Nc2ncc(C=C(Cc3cccc4ccn(C)c34)C(N)=O)cc2C1. The normalized spacial score (nSPS) is 15.1. The Hall–Kier alpha value is -3.45. The molecule has 0 saturated heterocycles. The Bertz CT molecular complexity index is 1150. The number of primary amides is 1. The number of hydrogen-bond acceptors (Lipinski definition) is 4. The van der Waals surface area contributed by atoms with Crippen LogP contribution in [0.2, 0.25) is 0 Å². The first-order chi connectivity index (χ1) is 13.9. The summed E-state index contributed by atoms with van der Waals surface area (Å²) in [6, 6.07) is 10.0. The maximum absolute atomic E-state index is 12.2. The van der Waals surface area contributed by atoms with Crippen LogP contribution in [-0.2, 0) is 29.6 Å². The van der Waals surface area contributed by atoms with Crippen molar-refractivity contribution in [1.29, 1.82) is 0 Å². The van der Waals surface area contributed by atoms with E-state index in [1.807, 2.05) is 60.1 Å². The van der Waals surface area contributed by atoms with E-state index >= 15 is 0 Å². The number of amides is 2. The minimum Gasteiger partial charge on any atom is -0.366 e. The number of para-hydroxylation sites is 1. The fraction of sp³-hybridized carbons (Fsp3) is 0.227. The van der Waals surface area contributed by atoms with E-state index in [4.69, 9.17) is 5.73 Å². The molecule has 0 spiro atoms. The fourth-order valence-corrected chi connectivity index (χ4v) is 3.81. The molecule has 2 amide bonds. The van der Waals surface area contributed by atoms with Gasteiger partial charge in [0.05, 0.1) is 12.1 Å². The van der Waals surface area contributed by atoms with Crippen molar-refractivity contribution in [3.63, 3.8) is 0 Å². The summed E-state index contributed by atoms with van der Waals surface area (Å²) in [5.41, 5.74) is 10.0. The molecule has 0 saturated carbocycles. The summed E-state index contributed by atoms with van der Waals surface area (Å²) in [4.78, 5) is 30.3. The number of benzene rings is 1. The number of nitrogens with zero attached hydrogens (tertiary/aromatic N) is 3.